The van der Waals surface area contributed by atoms with Crippen molar-refractivity contribution < 1.29 is 19.1 Å². The number of esters is 1. The first-order valence-corrected chi connectivity index (χ1v) is 12.1. The summed E-state index contributed by atoms with van der Waals surface area (Å²) in [6, 6.07) is 25.3. The number of ketones is 1. The summed E-state index contributed by atoms with van der Waals surface area (Å²) in [5.74, 6) is -1.51. The zero-order valence-electron chi connectivity index (χ0n) is 20.7. The fourth-order valence-electron chi connectivity index (χ4n) is 4.42. The number of fused-ring (bicyclic) bond motifs is 1. The molecule has 184 valence electrons. The van der Waals surface area contributed by atoms with Crippen molar-refractivity contribution in [2.24, 2.45) is 5.92 Å². The van der Waals surface area contributed by atoms with Gasteiger partial charge in [-0.25, -0.2) is 4.79 Å². The third-order valence-electron chi connectivity index (χ3n) is 6.20. The van der Waals surface area contributed by atoms with Crippen LogP contribution < -0.4 is 5.32 Å². The van der Waals surface area contributed by atoms with E-state index in [-0.39, 0.29) is 17.6 Å². The second-order valence-electron chi connectivity index (χ2n) is 8.94. The van der Waals surface area contributed by atoms with Crippen LogP contribution in [0.2, 0.25) is 0 Å². The van der Waals surface area contributed by atoms with Gasteiger partial charge in [0.2, 0.25) is 5.78 Å². The van der Waals surface area contributed by atoms with Gasteiger partial charge in [-0.3, -0.25) is 9.59 Å². The van der Waals surface area contributed by atoms with Crippen molar-refractivity contribution in [3.63, 3.8) is 0 Å². The largest absolute Gasteiger partial charge is 0.456 e. The highest BCUT2D eigenvalue weighted by Crippen LogP contribution is 2.34. The molecule has 4 aromatic rings. The Morgan fingerprint density at radius 3 is 2.11 bits per heavy atom. The van der Waals surface area contributed by atoms with E-state index in [1.165, 1.54) is 0 Å². The van der Waals surface area contributed by atoms with Gasteiger partial charge in [-0.15, -0.1) is 0 Å². The number of nitrogens with one attached hydrogen (secondary N) is 1. The van der Waals surface area contributed by atoms with E-state index < -0.39 is 18.6 Å². The molecule has 4 rings (SSSR count). The molecule has 6 heteroatoms. The van der Waals surface area contributed by atoms with Crippen LogP contribution in [-0.2, 0) is 16.1 Å². The topological polar surface area (TPSA) is 77.4 Å². The van der Waals surface area contributed by atoms with E-state index in [0.29, 0.717) is 17.7 Å². The van der Waals surface area contributed by atoms with Crippen molar-refractivity contribution >= 4 is 28.6 Å². The van der Waals surface area contributed by atoms with Gasteiger partial charge in [-0.2, -0.15) is 0 Å². The highest BCUT2D eigenvalue weighted by molar-refractivity contribution is 6.14. The van der Waals surface area contributed by atoms with E-state index in [4.69, 9.17) is 4.74 Å². The molecule has 6 nitrogen and oxygen atoms in total. The van der Waals surface area contributed by atoms with Gasteiger partial charge in [-0.1, -0.05) is 80.6 Å². The van der Waals surface area contributed by atoms with Gasteiger partial charge in [-0.05, 0) is 36.6 Å². The van der Waals surface area contributed by atoms with Gasteiger partial charge in [0.25, 0.3) is 5.91 Å². The number of Topliss-reactive ketones (excluding diaryl/α,β-unsaturated/α-hetero) is 1. The number of aryl methyl sites for hydroxylation is 1. The van der Waals surface area contributed by atoms with Gasteiger partial charge >= 0.3 is 5.97 Å². The first-order valence-electron chi connectivity index (χ1n) is 12.1. The smallest absolute Gasteiger partial charge is 0.329 e. The lowest BCUT2D eigenvalue weighted by molar-refractivity contribution is -0.145. The molecular formula is C30H30N2O4. The number of ether oxygens (including phenoxy) is 1. The van der Waals surface area contributed by atoms with Crippen LogP contribution in [0.4, 0.5) is 0 Å². The van der Waals surface area contributed by atoms with Gasteiger partial charge in [0, 0.05) is 23.0 Å². The number of para-hydroxylation sites is 1. The Balaban J connectivity index is 1.59. The molecule has 0 unspecified atom stereocenters. The van der Waals surface area contributed by atoms with E-state index in [1.807, 2.05) is 81.4 Å². The quantitative estimate of drug-likeness (QED) is 0.252. The molecule has 0 aliphatic rings. The summed E-state index contributed by atoms with van der Waals surface area (Å²) >= 11 is 0. The number of hydrogen-bond acceptors (Lipinski definition) is 4. The van der Waals surface area contributed by atoms with Crippen LogP contribution in [0.25, 0.3) is 22.2 Å². The zero-order valence-corrected chi connectivity index (χ0v) is 20.7. The fourth-order valence-corrected chi connectivity index (χ4v) is 4.42. The Bertz CT molecular complexity index is 1370. The van der Waals surface area contributed by atoms with Crippen molar-refractivity contribution in [1.82, 2.24) is 9.88 Å². The second kappa shape index (κ2) is 11.0. The number of carbonyl (C=O) groups is 3. The van der Waals surface area contributed by atoms with E-state index in [9.17, 15) is 14.4 Å². The summed E-state index contributed by atoms with van der Waals surface area (Å²) < 4.78 is 7.60. The normalized spacial score (nSPS) is 11.9. The predicted molar refractivity (Wildman–Crippen MR) is 141 cm³/mol. The lowest BCUT2D eigenvalue weighted by Crippen LogP contribution is -2.45. The van der Waals surface area contributed by atoms with Gasteiger partial charge < -0.3 is 14.6 Å². The Kier molecular flexibility index (Phi) is 7.64. The number of benzene rings is 3. The highest BCUT2D eigenvalue weighted by Gasteiger charge is 2.28. The van der Waals surface area contributed by atoms with Crippen LogP contribution in [0, 0.1) is 5.92 Å². The van der Waals surface area contributed by atoms with Crippen LogP contribution in [0.5, 0.6) is 0 Å². The minimum atomic E-state index is -0.879. The molecule has 1 amide bonds. The molecule has 0 radical (unpaired) electrons. The molecule has 0 bridgehead atoms. The number of nitrogens with zero attached hydrogens (tertiary/aromatic N) is 1. The fraction of sp³-hybridized carbons (Fsp3) is 0.233. The molecule has 0 aliphatic heterocycles. The number of carbonyl (C=O) groups excluding carboxylic acids is 3. The minimum absolute atomic E-state index is 0.220. The van der Waals surface area contributed by atoms with Crippen LogP contribution in [-0.4, -0.2) is 34.9 Å². The van der Waals surface area contributed by atoms with E-state index in [0.717, 1.165) is 22.2 Å². The number of aromatic nitrogens is 1. The lowest BCUT2D eigenvalue weighted by Gasteiger charge is -2.21. The van der Waals surface area contributed by atoms with Crippen molar-refractivity contribution in [2.45, 2.75) is 33.4 Å². The molecular weight excluding hydrogens is 452 g/mol. The Morgan fingerprint density at radius 1 is 0.861 bits per heavy atom. The minimum Gasteiger partial charge on any atom is -0.456 e. The van der Waals surface area contributed by atoms with E-state index in [2.05, 4.69) is 9.88 Å². The summed E-state index contributed by atoms with van der Waals surface area (Å²) in [6.07, 6.45) is 0. The standard InChI is InChI=1S/C30H30N2O4/c1-4-32-24-18-12-11-17-23(24)26(28(32)21-13-7-5-8-14-21)25(33)19-36-30(35)27(20(2)3)31-29(34)22-15-9-6-10-16-22/h5-18,20,27H,4,19H2,1-3H3,(H,31,34)/t27-/m0/s1. The van der Waals surface area contributed by atoms with Gasteiger partial charge in [0.05, 0.1) is 11.3 Å². The summed E-state index contributed by atoms with van der Waals surface area (Å²) in [6.45, 7) is 5.94. The molecule has 1 heterocycles. The molecule has 1 atom stereocenters. The second-order valence-corrected chi connectivity index (χ2v) is 8.94. The molecule has 0 saturated carbocycles. The average Bonchev–Trinajstić information content (AvgIpc) is 3.25. The third-order valence-corrected chi connectivity index (χ3v) is 6.20. The first-order chi connectivity index (χ1) is 17.4. The average molecular weight is 483 g/mol. The molecule has 0 spiro atoms. The van der Waals surface area contributed by atoms with E-state index >= 15 is 0 Å². The van der Waals surface area contributed by atoms with Crippen LogP contribution >= 0.6 is 0 Å². The van der Waals surface area contributed by atoms with Gasteiger partial charge in [0.1, 0.15) is 6.04 Å². The maximum absolute atomic E-state index is 13.5. The molecule has 3 aromatic carbocycles. The van der Waals surface area contributed by atoms with Crippen molar-refractivity contribution in [2.75, 3.05) is 6.61 Å². The van der Waals surface area contributed by atoms with E-state index in [1.54, 1.807) is 24.3 Å². The summed E-state index contributed by atoms with van der Waals surface area (Å²) in [4.78, 5) is 39.1. The molecule has 0 aliphatic carbocycles. The highest BCUT2D eigenvalue weighted by atomic mass is 16.5. The molecule has 36 heavy (non-hydrogen) atoms. The maximum Gasteiger partial charge on any atom is 0.329 e. The van der Waals surface area contributed by atoms with Crippen molar-refractivity contribution in [3.8, 4) is 11.3 Å². The Labute approximate surface area is 210 Å². The Hall–Kier alpha value is -4.19. The molecule has 0 saturated heterocycles. The van der Waals surface area contributed by atoms with Crippen molar-refractivity contribution in [1.29, 1.82) is 0 Å². The monoisotopic (exact) mass is 482 g/mol. The van der Waals surface area contributed by atoms with Crippen LogP contribution in [0.1, 0.15) is 41.5 Å². The predicted octanol–water partition coefficient (Wildman–Crippen LogP) is 5.51. The first kappa shape index (κ1) is 24.9. The molecule has 1 N–H and O–H groups in total. The summed E-state index contributed by atoms with van der Waals surface area (Å²) in [7, 11) is 0. The van der Waals surface area contributed by atoms with Gasteiger partial charge in [0.15, 0.2) is 6.61 Å². The lowest BCUT2D eigenvalue weighted by atomic mass is 10.0. The summed E-state index contributed by atoms with van der Waals surface area (Å²) in [5.41, 5.74) is 3.65. The summed E-state index contributed by atoms with van der Waals surface area (Å²) in [5, 5.41) is 3.56. The number of amides is 1. The SMILES string of the molecule is CCn1c(-c2ccccc2)c(C(=O)COC(=O)[C@@H](NC(=O)c2ccccc2)C(C)C)c2ccccc21. The third kappa shape index (κ3) is 5.08. The van der Waals surface area contributed by atoms with Crippen LogP contribution in [0.3, 0.4) is 0 Å². The number of hydrogen-bond donors (Lipinski definition) is 1. The molecule has 1 aromatic heterocycles. The van der Waals surface area contributed by atoms with Crippen molar-refractivity contribution in [3.05, 3.63) is 96.1 Å². The molecule has 0 fully saturated rings. The zero-order chi connectivity index (χ0) is 25.7. The maximum atomic E-state index is 13.5. The Morgan fingerprint density at radius 2 is 1.47 bits per heavy atom. The van der Waals surface area contributed by atoms with Crippen LogP contribution in [0.15, 0.2) is 84.9 Å². The number of rotatable bonds is 9.